The maximum Gasteiger partial charge on any atom is 0.310 e. The van der Waals surface area contributed by atoms with Gasteiger partial charge in [0.2, 0.25) is 0 Å². The molecule has 0 aliphatic heterocycles. The van der Waals surface area contributed by atoms with Crippen LogP contribution < -0.4 is 5.73 Å². The normalized spacial score (nSPS) is 47.9. The fraction of sp³-hybridized carbons (Fsp3) is 0.800. The Balaban J connectivity index is 1.46. The summed E-state index contributed by atoms with van der Waals surface area (Å²) >= 11 is 0. The van der Waals surface area contributed by atoms with E-state index in [9.17, 15) is 9.90 Å². The molecule has 4 N–H and O–H groups in total. The zero-order valence-electron chi connectivity index (χ0n) is 22.6. The Bertz CT molecular complexity index is 1120. The summed E-state index contributed by atoms with van der Waals surface area (Å²) in [7, 11) is 0. The predicted octanol–water partition coefficient (Wildman–Crippen LogP) is 6.72. The number of nitrogens with two attached hydrogens (primary N) is 1. The third kappa shape index (κ3) is 2.76. The van der Waals surface area contributed by atoms with Crippen LogP contribution >= 0.6 is 0 Å². The van der Waals surface area contributed by atoms with E-state index in [1.807, 2.05) is 0 Å². The Labute approximate surface area is 210 Å². The van der Waals surface area contributed by atoms with Crippen LogP contribution in [0.3, 0.4) is 0 Å². The van der Waals surface area contributed by atoms with Crippen molar-refractivity contribution in [2.45, 2.75) is 105 Å². The summed E-state index contributed by atoms with van der Waals surface area (Å²) in [4.78, 5) is 12.8. The first-order valence-electron chi connectivity index (χ1n) is 14.1. The number of H-pyrrole nitrogens is 1. The van der Waals surface area contributed by atoms with Gasteiger partial charge in [-0.1, -0.05) is 53.2 Å². The lowest BCUT2D eigenvalue weighted by Crippen LogP contribution is -2.63. The molecule has 1 aromatic rings. The number of hydrogen-bond acceptors (Lipinski definition) is 3. The van der Waals surface area contributed by atoms with E-state index in [0.29, 0.717) is 17.8 Å². The molecule has 1 aromatic heterocycles. The minimum atomic E-state index is -0.565. The lowest BCUT2D eigenvalue weighted by atomic mass is 9.34. The number of aromatic nitrogens is 2. The molecule has 0 amide bonds. The highest BCUT2D eigenvalue weighted by atomic mass is 16.4. The number of aliphatic carboxylic acids is 1. The summed E-state index contributed by atoms with van der Waals surface area (Å²) in [6.45, 7) is 14.7. The van der Waals surface area contributed by atoms with E-state index in [4.69, 9.17) is 5.73 Å². The highest BCUT2D eigenvalue weighted by molar-refractivity contribution is 5.76. The number of hydrogen-bond donors (Lipinski definition) is 3. The number of nitrogens with zero attached hydrogens (tertiary/aromatic N) is 1. The van der Waals surface area contributed by atoms with Crippen LogP contribution in [0.2, 0.25) is 0 Å². The van der Waals surface area contributed by atoms with Crippen molar-refractivity contribution < 1.29 is 9.90 Å². The van der Waals surface area contributed by atoms with E-state index in [0.717, 1.165) is 50.8 Å². The van der Waals surface area contributed by atoms with E-state index in [-0.39, 0.29) is 27.6 Å². The van der Waals surface area contributed by atoms with Crippen LogP contribution in [0.1, 0.15) is 110 Å². The molecule has 6 rings (SSSR count). The van der Waals surface area contributed by atoms with Gasteiger partial charge >= 0.3 is 5.97 Å². The maximum atomic E-state index is 12.8. The van der Waals surface area contributed by atoms with Gasteiger partial charge in [0.25, 0.3) is 0 Å². The Hall–Kier alpha value is -1.78. The Morgan fingerprint density at radius 2 is 1.83 bits per heavy atom. The minimum absolute atomic E-state index is 0.0619. The number of aromatic amines is 1. The van der Waals surface area contributed by atoms with Crippen LogP contribution in [-0.2, 0) is 11.2 Å². The molecule has 1 heterocycles. The highest BCUT2D eigenvalue weighted by Gasteiger charge is 2.68. The molecule has 0 spiro atoms. The molecule has 1 unspecified atom stereocenters. The average Bonchev–Trinajstić information content (AvgIpc) is 3.14. The van der Waals surface area contributed by atoms with Crippen LogP contribution in [0, 0.1) is 44.8 Å². The van der Waals surface area contributed by atoms with Gasteiger partial charge in [-0.05, 0) is 97.2 Å². The standard InChI is InChI=1S/C30H45N3O2/c1-17-19-9-10-29(6)22(27(19,4)15-18-23(17)32-33-24(18)31)8-7-20-21-16-26(2,3)11-13-30(21,25(34)35)14-12-28(20,29)5/h7,17,19,21-22H,8-16H2,1-6H3,(H,34,35)(H3,31,32,33)/t17-,19-,21-,22?,27-,28+,29+,30-/m0/s1. The molecule has 5 aliphatic carbocycles. The summed E-state index contributed by atoms with van der Waals surface area (Å²) in [5.74, 6) is 1.99. The van der Waals surface area contributed by atoms with E-state index in [2.05, 4.69) is 57.8 Å². The predicted molar refractivity (Wildman–Crippen MR) is 139 cm³/mol. The Morgan fingerprint density at radius 3 is 2.54 bits per heavy atom. The van der Waals surface area contributed by atoms with Crippen LogP contribution in [0.4, 0.5) is 5.82 Å². The molecule has 8 atom stereocenters. The molecule has 0 saturated heterocycles. The molecule has 0 aromatic carbocycles. The summed E-state index contributed by atoms with van der Waals surface area (Å²) in [6, 6.07) is 0. The van der Waals surface area contributed by atoms with E-state index >= 15 is 0 Å². The van der Waals surface area contributed by atoms with Crippen molar-refractivity contribution >= 4 is 11.8 Å². The van der Waals surface area contributed by atoms with Gasteiger partial charge in [-0.15, -0.1) is 0 Å². The van der Waals surface area contributed by atoms with Gasteiger partial charge in [0.15, 0.2) is 0 Å². The highest BCUT2D eigenvalue weighted by Crippen LogP contribution is 2.75. The first-order valence-corrected chi connectivity index (χ1v) is 14.1. The molecule has 35 heavy (non-hydrogen) atoms. The second-order valence-electron chi connectivity index (χ2n) is 14.7. The molecule has 0 bridgehead atoms. The van der Waals surface area contributed by atoms with Gasteiger partial charge in [-0.25, -0.2) is 0 Å². The Morgan fingerprint density at radius 1 is 1.11 bits per heavy atom. The van der Waals surface area contributed by atoms with Crippen molar-refractivity contribution in [3.05, 3.63) is 22.9 Å². The molecule has 5 nitrogen and oxygen atoms in total. The molecule has 3 fully saturated rings. The number of anilines is 1. The van der Waals surface area contributed by atoms with Gasteiger partial charge in [0.1, 0.15) is 5.82 Å². The third-order valence-corrected chi connectivity index (χ3v) is 12.9. The second kappa shape index (κ2) is 6.95. The zero-order chi connectivity index (χ0) is 25.2. The minimum Gasteiger partial charge on any atom is -0.481 e. The van der Waals surface area contributed by atoms with Crippen LogP contribution in [0.25, 0.3) is 0 Å². The summed E-state index contributed by atoms with van der Waals surface area (Å²) in [5, 5.41) is 18.3. The number of nitrogen functional groups attached to an aromatic ring is 1. The second-order valence-corrected chi connectivity index (χ2v) is 14.7. The number of fused-ring (bicyclic) bond motifs is 8. The number of nitrogens with one attached hydrogen (secondary N) is 1. The monoisotopic (exact) mass is 479 g/mol. The topological polar surface area (TPSA) is 92.0 Å². The van der Waals surface area contributed by atoms with Gasteiger partial charge in [-0.3, -0.25) is 9.89 Å². The summed E-state index contributed by atoms with van der Waals surface area (Å²) in [6.07, 6.45) is 11.8. The van der Waals surface area contributed by atoms with E-state index < -0.39 is 11.4 Å². The molecule has 5 aliphatic rings. The van der Waals surface area contributed by atoms with Crippen molar-refractivity contribution in [2.24, 2.45) is 44.8 Å². The van der Waals surface area contributed by atoms with Crippen LogP contribution in [0.5, 0.6) is 0 Å². The SMILES string of the molecule is C[C@@H]1c2n[nH]c(N)c2C[C@]2(C)C3CC=C4[C@@H]5CC(C)(C)CC[C@]5(C(=O)O)CC[C@@]4(C)[C@]3(C)CC[C@@H]12. The smallest absolute Gasteiger partial charge is 0.310 e. The maximum absolute atomic E-state index is 12.8. The summed E-state index contributed by atoms with van der Waals surface area (Å²) in [5.41, 5.74) is 10.4. The largest absolute Gasteiger partial charge is 0.481 e. The molecule has 3 saturated carbocycles. The number of carboxylic acid groups (broad SMARTS) is 1. The quantitative estimate of drug-likeness (QED) is 0.390. The fourth-order valence-corrected chi connectivity index (χ4v) is 10.6. The lowest BCUT2D eigenvalue weighted by Gasteiger charge is -2.69. The summed E-state index contributed by atoms with van der Waals surface area (Å²) < 4.78 is 0. The molecule has 192 valence electrons. The first-order chi connectivity index (χ1) is 16.3. The first kappa shape index (κ1) is 23.6. The fourth-order valence-electron chi connectivity index (χ4n) is 10.6. The molecule has 0 radical (unpaired) electrons. The third-order valence-electron chi connectivity index (χ3n) is 12.9. The number of rotatable bonds is 1. The van der Waals surface area contributed by atoms with Crippen molar-refractivity contribution in [2.75, 3.05) is 5.73 Å². The molecular formula is C30H45N3O2. The average molecular weight is 480 g/mol. The van der Waals surface area contributed by atoms with Gasteiger partial charge in [0.05, 0.1) is 11.1 Å². The molecular weight excluding hydrogens is 434 g/mol. The van der Waals surface area contributed by atoms with Crippen molar-refractivity contribution in [3.8, 4) is 0 Å². The number of carboxylic acids is 1. The van der Waals surface area contributed by atoms with Crippen molar-refractivity contribution in [3.63, 3.8) is 0 Å². The lowest BCUT2D eigenvalue weighted by molar-refractivity contribution is -0.174. The zero-order valence-corrected chi connectivity index (χ0v) is 22.6. The number of carbonyl (C=O) groups is 1. The van der Waals surface area contributed by atoms with Gasteiger partial charge in [0, 0.05) is 11.5 Å². The van der Waals surface area contributed by atoms with E-state index in [1.54, 1.807) is 0 Å². The van der Waals surface area contributed by atoms with Gasteiger partial charge < -0.3 is 10.8 Å². The van der Waals surface area contributed by atoms with Crippen molar-refractivity contribution in [1.82, 2.24) is 10.2 Å². The van der Waals surface area contributed by atoms with Crippen LogP contribution in [0.15, 0.2) is 11.6 Å². The Kier molecular flexibility index (Phi) is 4.69. The van der Waals surface area contributed by atoms with Crippen LogP contribution in [-0.4, -0.2) is 21.3 Å². The number of allylic oxidation sites excluding steroid dienone is 2. The van der Waals surface area contributed by atoms with Gasteiger partial charge in [-0.2, -0.15) is 5.10 Å². The molecule has 5 heteroatoms. The van der Waals surface area contributed by atoms with E-state index in [1.165, 1.54) is 29.7 Å². The van der Waals surface area contributed by atoms with Crippen molar-refractivity contribution in [1.29, 1.82) is 0 Å².